The van der Waals surface area contributed by atoms with Gasteiger partial charge in [-0.1, -0.05) is 0 Å². The maximum Gasteiger partial charge on any atom is 0.246 e. The van der Waals surface area contributed by atoms with Gasteiger partial charge in [-0.3, -0.25) is 14.5 Å². The third kappa shape index (κ3) is 2.90. The normalized spacial score (nSPS) is 12.4. The van der Waals surface area contributed by atoms with Crippen LogP contribution in [-0.2, 0) is 9.59 Å². The van der Waals surface area contributed by atoms with E-state index in [4.69, 9.17) is 5.73 Å². The zero-order valence-corrected chi connectivity index (χ0v) is 7.47. The van der Waals surface area contributed by atoms with Crippen molar-refractivity contribution in [3.8, 4) is 0 Å². The lowest BCUT2D eigenvalue weighted by Gasteiger charge is -2.16. The smallest absolute Gasteiger partial charge is 0.246 e. The van der Waals surface area contributed by atoms with Crippen LogP contribution in [0.1, 0.15) is 6.92 Å². The molecule has 0 aliphatic heterocycles. The molecule has 5 heteroatoms. The van der Waals surface area contributed by atoms with Crippen LogP contribution in [0.5, 0.6) is 0 Å². The van der Waals surface area contributed by atoms with Crippen LogP contribution in [0.2, 0.25) is 0 Å². The van der Waals surface area contributed by atoms with Crippen LogP contribution in [-0.4, -0.2) is 35.6 Å². The molecule has 0 radical (unpaired) electrons. The van der Waals surface area contributed by atoms with Crippen molar-refractivity contribution in [2.24, 2.45) is 5.73 Å². The first-order chi connectivity index (χ1) is 5.00. The van der Waals surface area contributed by atoms with Crippen molar-refractivity contribution in [2.45, 2.75) is 13.0 Å². The molecule has 4 nitrogen and oxygen atoms in total. The van der Waals surface area contributed by atoms with E-state index >= 15 is 0 Å². The van der Waals surface area contributed by atoms with Crippen molar-refractivity contribution in [1.82, 2.24) is 4.90 Å². The molecule has 0 rings (SSSR count). The highest BCUT2D eigenvalue weighted by atomic mass is 32.1. The van der Waals surface area contributed by atoms with Crippen molar-refractivity contribution < 1.29 is 9.59 Å². The van der Waals surface area contributed by atoms with E-state index in [1.807, 2.05) is 0 Å². The van der Waals surface area contributed by atoms with E-state index in [1.54, 1.807) is 0 Å². The fourth-order valence-electron chi connectivity index (χ4n) is 0.482. The van der Waals surface area contributed by atoms with E-state index in [1.165, 1.54) is 14.0 Å². The Hall–Kier alpha value is -0.550. The Morgan fingerprint density at radius 1 is 1.64 bits per heavy atom. The number of likely N-dealkylation sites (N-methyl/N-ethyl adjacent to an activating group) is 1. The molecule has 2 N–H and O–H groups in total. The topological polar surface area (TPSA) is 63.4 Å². The van der Waals surface area contributed by atoms with Crippen LogP contribution in [0.25, 0.3) is 0 Å². The van der Waals surface area contributed by atoms with Crippen molar-refractivity contribution in [2.75, 3.05) is 12.8 Å². The molecule has 0 spiro atoms. The summed E-state index contributed by atoms with van der Waals surface area (Å²) < 4.78 is 0. The summed E-state index contributed by atoms with van der Waals surface area (Å²) in [7, 11) is 1.40. The number of amides is 2. The fraction of sp³-hybridized carbons (Fsp3) is 0.667. The molecule has 1 atom stereocenters. The molecular weight excluding hydrogens is 164 g/mol. The van der Waals surface area contributed by atoms with E-state index < -0.39 is 11.9 Å². The van der Waals surface area contributed by atoms with E-state index in [0.29, 0.717) is 0 Å². The van der Waals surface area contributed by atoms with Gasteiger partial charge >= 0.3 is 0 Å². The maximum atomic E-state index is 11.0. The van der Waals surface area contributed by atoms with Crippen LogP contribution in [0.3, 0.4) is 0 Å². The number of nitrogens with zero attached hydrogens (tertiary/aromatic N) is 1. The largest absolute Gasteiger partial charge is 0.319 e. The van der Waals surface area contributed by atoms with E-state index in [0.717, 1.165) is 4.90 Å². The molecule has 2 amide bonds. The Balaban J connectivity index is 4.13. The third-order valence-corrected chi connectivity index (χ3v) is 1.71. The SMILES string of the molecule is CC(=O)N(C)C(=O)[C@@H](N)CS. The summed E-state index contributed by atoms with van der Waals surface area (Å²) in [5.41, 5.74) is 5.34. The van der Waals surface area contributed by atoms with Gasteiger partial charge in [0, 0.05) is 19.7 Å². The second kappa shape index (κ2) is 4.35. The predicted molar refractivity (Wildman–Crippen MR) is 45.3 cm³/mol. The second-order valence-electron chi connectivity index (χ2n) is 2.21. The van der Waals surface area contributed by atoms with Crippen LogP contribution < -0.4 is 5.73 Å². The lowest BCUT2D eigenvalue weighted by Crippen LogP contribution is -2.44. The molecule has 0 aromatic heterocycles. The van der Waals surface area contributed by atoms with E-state index in [9.17, 15) is 9.59 Å². The summed E-state index contributed by atoms with van der Waals surface area (Å²) in [6, 6.07) is -0.688. The standard InChI is InChI=1S/C6H12N2O2S/c1-4(9)8(2)6(10)5(7)3-11/h5,11H,3,7H2,1-2H3/t5-/m0/s1. The number of rotatable bonds is 2. The lowest BCUT2D eigenvalue weighted by atomic mass is 10.3. The second-order valence-corrected chi connectivity index (χ2v) is 2.57. The number of carbonyl (C=O) groups is 2. The molecular formula is C6H12N2O2S. The molecule has 0 aromatic carbocycles. The minimum Gasteiger partial charge on any atom is -0.319 e. The first-order valence-electron chi connectivity index (χ1n) is 3.15. The number of nitrogens with two attached hydrogens (primary N) is 1. The van der Waals surface area contributed by atoms with Crippen molar-refractivity contribution in [3.63, 3.8) is 0 Å². The summed E-state index contributed by atoms with van der Waals surface area (Å²) in [5.74, 6) is -0.462. The van der Waals surface area contributed by atoms with Gasteiger partial charge in [0.05, 0.1) is 6.04 Å². The minimum absolute atomic E-state index is 0.246. The zero-order chi connectivity index (χ0) is 9.02. The molecule has 0 saturated carbocycles. The first-order valence-corrected chi connectivity index (χ1v) is 3.78. The summed E-state index contributed by atoms with van der Waals surface area (Å²) in [6.07, 6.45) is 0. The van der Waals surface area contributed by atoms with Crippen LogP contribution in [0.15, 0.2) is 0 Å². The molecule has 0 bridgehead atoms. The van der Waals surface area contributed by atoms with Crippen LogP contribution >= 0.6 is 12.6 Å². The fourth-order valence-corrected chi connectivity index (χ4v) is 0.638. The Labute approximate surface area is 71.1 Å². The third-order valence-electron chi connectivity index (χ3n) is 1.32. The van der Waals surface area contributed by atoms with Crippen molar-refractivity contribution in [1.29, 1.82) is 0 Å². The van der Waals surface area contributed by atoms with E-state index in [-0.39, 0.29) is 11.7 Å². The average molecular weight is 176 g/mol. The molecule has 0 saturated heterocycles. The average Bonchev–Trinajstić information content (AvgIpc) is 2.00. The lowest BCUT2D eigenvalue weighted by molar-refractivity contribution is -0.142. The molecule has 0 aliphatic carbocycles. The summed E-state index contributed by atoms with van der Waals surface area (Å²) >= 11 is 3.83. The molecule has 11 heavy (non-hydrogen) atoms. The summed E-state index contributed by atoms with van der Waals surface area (Å²) in [4.78, 5) is 22.7. The summed E-state index contributed by atoms with van der Waals surface area (Å²) in [6.45, 7) is 1.31. The Morgan fingerprint density at radius 2 is 2.09 bits per heavy atom. The maximum absolute atomic E-state index is 11.0. The molecule has 0 fully saturated rings. The number of carbonyl (C=O) groups excluding carboxylic acids is 2. The number of hydrogen-bond donors (Lipinski definition) is 2. The number of hydrogen-bond acceptors (Lipinski definition) is 4. The molecule has 64 valence electrons. The molecule has 0 aliphatic rings. The van der Waals surface area contributed by atoms with Gasteiger partial charge < -0.3 is 5.73 Å². The highest BCUT2D eigenvalue weighted by Gasteiger charge is 2.18. The van der Waals surface area contributed by atoms with Gasteiger partial charge in [-0.2, -0.15) is 12.6 Å². The van der Waals surface area contributed by atoms with Crippen LogP contribution in [0.4, 0.5) is 0 Å². The Kier molecular flexibility index (Phi) is 4.14. The van der Waals surface area contributed by atoms with Crippen LogP contribution in [0, 0.1) is 0 Å². The quantitative estimate of drug-likeness (QED) is 0.544. The number of imide groups is 1. The van der Waals surface area contributed by atoms with Gasteiger partial charge in [0.1, 0.15) is 0 Å². The Bertz CT molecular complexity index is 172. The zero-order valence-electron chi connectivity index (χ0n) is 6.57. The predicted octanol–water partition coefficient (Wildman–Crippen LogP) is -0.752. The van der Waals surface area contributed by atoms with Gasteiger partial charge in [0.25, 0.3) is 0 Å². The summed E-state index contributed by atoms with van der Waals surface area (Å²) in [5, 5.41) is 0. The van der Waals surface area contributed by atoms with E-state index in [2.05, 4.69) is 12.6 Å². The minimum atomic E-state index is -0.688. The monoisotopic (exact) mass is 176 g/mol. The van der Waals surface area contributed by atoms with Gasteiger partial charge in [0.15, 0.2) is 0 Å². The van der Waals surface area contributed by atoms with Gasteiger partial charge in [-0.25, -0.2) is 0 Å². The molecule has 0 unspecified atom stereocenters. The Morgan fingerprint density at radius 3 is 2.36 bits per heavy atom. The van der Waals surface area contributed by atoms with Gasteiger partial charge in [-0.05, 0) is 0 Å². The highest BCUT2D eigenvalue weighted by Crippen LogP contribution is 1.92. The number of thiol groups is 1. The van der Waals surface area contributed by atoms with Crippen molar-refractivity contribution in [3.05, 3.63) is 0 Å². The van der Waals surface area contributed by atoms with Gasteiger partial charge in [-0.15, -0.1) is 0 Å². The molecule has 0 aromatic rings. The first kappa shape index (κ1) is 10.4. The van der Waals surface area contributed by atoms with Crippen molar-refractivity contribution >= 4 is 24.4 Å². The van der Waals surface area contributed by atoms with Gasteiger partial charge in [0.2, 0.25) is 11.8 Å². The molecule has 0 heterocycles. The highest BCUT2D eigenvalue weighted by molar-refractivity contribution is 7.80.